The smallest absolute Gasteiger partial charge is 0.306 e. The fourth-order valence-electron chi connectivity index (χ4n) is 0.905. The highest BCUT2D eigenvalue weighted by Gasteiger charge is 2.11. The number of carbonyl (C=O) groups excluding carboxylic acids is 2. The van der Waals surface area contributed by atoms with Crippen molar-refractivity contribution >= 4 is 11.9 Å². The summed E-state index contributed by atoms with van der Waals surface area (Å²) in [4.78, 5) is 22.5. The highest BCUT2D eigenvalue weighted by Crippen LogP contribution is 1.99. The lowest BCUT2D eigenvalue weighted by molar-refractivity contribution is -0.153. The van der Waals surface area contributed by atoms with E-state index >= 15 is 0 Å². The van der Waals surface area contributed by atoms with Crippen LogP contribution in [-0.2, 0) is 28.5 Å². The Balaban J connectivity index is 3.62. The molecule has 0 aliphatic rings. The van der Waals surface area contributed by atoms with Gasteiger partial charge in [0.25, 0.3) is 0 Å². The van der Waals surface area contributed by atoms with Crippen LogP contribution in [0.15, 0.2) is 0 Å². The molecule has 6 nitrogen and oxygen atoms in total. The zero-order chi connectivity index (χ0) is 14.0. The maximum Gasteiger partial charge on any atom is 0.306 e. The minimum Gasteiger partial charge on any atom is -0.463 e. The normalized spacial score (nSPS) is 13.8. The Morgan fingerprint density at radius 3 is 1.44 bits per heavy atom. The van der Waals surface area contributed by atoms with Crippen LogP contribution in [0.1, 0.15) is 26.7 Å². The van der Waals surface area contributed by atoms with E-state index in [9.17, 15) is 9.59 Å². The molecule has 0 saturated carbocycles. The zero-order valence-electron chi connectivity index (χ0n) is 11.4. The average molecular weight is 262 g/mol. The lowest BCUT2D eigenvalue weighted by Gasteiger charge is -2.11. The Hall–Kier alpha value is -1.14. The Kier molecular flexibility index (Phi) is 9.22. The summed E-state index contributed by atoms with van der Waals surface area (Å²) < 4.78 is 19.6. The fraction of sp³-hybridized carbons (Fsp3) is 0.833. The van der Waals surface area contributed by atoms with Gasteiger partial charge in [-0.25, -0.2) is 0 Å². The first-order valence-corrected chi connectivity index (χ1v) is 5.86. The molecule has 2 unspecified atom stereocenters. The fourth-order valence-corrected chi connectivity index (χ4v) is 0.905. The van der Waals surface area contributed by atoms with Crippen molar-refractivity contribution in [1.29, 1.82) is 0 Å². The SMILES string of the molecule is COC(C)COC(=O)CCC(=O)OCC(C)OC. The molecule has 6 heteroatoms. The second-order valence-corrected chi connectivity index (χ2v) is 3.96. The van der Waals surface area contributed by atoms with Gasteiger partial charge in [-0.3, -0.25) is 9.59 Å². The Morgan fingerprint density at radius 2 is 1.17 bits per heavy atom. The summed E-state index contributed by atoms with van der Waals surface area (Å²) in [5.74, 6) is -0.869. The van der Waals surface area contributed by atoms with E-state index in [-0.39, 0.29) is 38.3 Å². The van der Waals surface area contributed by atoms with Crippen molar-refractivity contribution < 1.29 is 28.5 Å². The number of esters is 2. The number of ether oxygens (including phenoxy) is 4. The molecule has 0 fully saturated rings. The minimum atomic E-state index is -0.435. The quantitative estimate of drug-likeness (QED) is 0.575. The predicted molar refractivity (Wildman–Crippen MR) is 64.1 cm³/mol. The molecule has 0 heterocycles. The van der Waals surface area contributed by atoms with Gasteiger partial charge >= 0.3 is 11.9 Å². The summed E-state index contributed by atoms with van der Waals surface area (Å²) in [7, 11) is 3.07. The van der Waals surface area contributed by atoms with Crippen LogP contribution >= 0.6 is 0 Å². The van der Waals surface area contributed by atoms with E-state index < -0.39 is 11.9 Å². The summed E-state index contributed by atoms with van der Waals surface area (Å²) in [5.41, 5.74) is 0. The Labute approximate surface area is 108 Å². The first kappa shape index (κ1) is 16.9. The van der Waals surface area contributed by atoms with Crippen LogP contribution in [0, 0.1) is 0 Å². The molecule has 0 radical (unpaired) electrons. The van der Waals surface area contributed by atoms with E-state index in [0.29, 0.717) is 0 Å². The van der Waals surface area contributed by atoms with Crippen molar-refractivity contribution in [3.8, 4) is 0 Å². The van der Waals surface area contributed by atoms with Gasteiger partial charge in [-0.05, 0) is 13.8 Å². The van der Waals surface area contributed by atoms with E-state index in [4.69, 9.17) is 18.9 Å². The summed E-state index contributed by atoms with van der Waals surface area (Å²) in [5, 5.41) is 0. The number of methoxy groups -OCH3 is 2. The largest absolute Gasteiger partial charge is 0.463 e. The molecule has 2 atom stereocenters. The van der Waals surface area contributed by atoms with Crippen molar-refractivity contribution in [2.24, 2.45) is 0 Å². The zero-order valence-corrected chi connectivity index (χ0v) is 11.4. The van der Waals surface area contributed by atoms with Crippen molar-refractivity contribution in [3.63, 3.8) is 0 Å². The summed E-state index contributed by atoms with van der Waals surface area (Å²) in [6.07, 6.45) is -0.278. The molecule has 106 valence electrons. The predicted octanol–water partition coefficient (Wildman–Crippen LogP) is 0.923. The van der Waals surface area contributed by atoms with E-state index in [1.165, 1.54) is 14.2 Å². The van der Waals surface area contributed by atoms with Gasteiger partial charge in [0.05, 0.1) is 25.0 Å². The van der Waals surface area contributed by atoms with Crippen molar-refractivity contribution in [3.05, 3.63) is 0 Å². The van der Waals surface area contributed by atoms with E-state index in [1.807, 2.05) is 0 Å². The number of carbonyl (C=O) groups is 2. The second kappa shape index (κ2) is 9.85. The molecule has 18 heavy (non-hydrogen) atoms. The third kappa shape index (κ3) is 8.95. The molecule has 0 spiro atoms. The van der Waals surface area contributed by atoms with Crippen LogP contribution in [0.2, 0.25) is 0 Å². The number of hydrogen-bond donors (Lipinski definition) is 0. The summed E-state index contributed by atoms with van der Waals surface area (Å²) >= 11 is 0. The van der Waals surface area contributed by atoms with Gasteiger partial charge in [0, 0.05) is 14.2 Å². The van der Waals surface area contributed by atoms with Crippen molar-refractivity contribution in [2.45, 2.75) is 38.9 Å². The van der Waals surface area contributed by atoms with Gasteiger partial charge < -0.3 is 18.9 Å². The topological polar surface area (TPSA) is 71.1 Å². The van der Waals surface area contributed by atoms with Crippen molar-refractivity contribution in [1.82, 2.24) is 0 Å². The maximum atomic E-state index is 11.3. The van der Waals surface area contributed by atoms with Crippen LogP contribution in [0.25, 0.3) is 0 Å². The highest BCUT2D eigenvalue weighted by molar-refractivity contribution is 5.77. The standard InChI is InChI=1S/C12H22O6/c1-9(15-3)7-17-11(13)5-6-12(14)18-8-10(2)16-4/h9-10H,5-8H2,1-4H3. The van der Waals surface area contributed by atoms with Gasteiger partial charge in [0.1, 0.15) is 13.2 Å². The van der Waals surface area contributed by atoms with Crippen molar-refractivity contribution in [2.75, 3.05) is 27.4 Å². The molecule has 0 rings (SSSR count). The lowest BCUT2D eigenvalue weighted by Crippen LogP contribution is -2.20. The highest BCUT2D eigenvalue weighted by atomic mass is 16.6. The van der Waals surface area contributed by atoms with Crippen LogP contribution in [0.5, 0.6) is 0 Å². The third-order valence-corrected chi connectivity index (χ3v) is 2.30. The lowest BCUT2D eigenvalue weighted by atomic mass is 10.3. The molecule has 0 aromatic rings. The first-order chi connectivity index (χ1) is 8.49. The Bertz CT molecular complexity index is 227. The molecule has 0 aliphatic carbocycles. The molecule has 0 N–H and O–H groups in total. The maximum absolute atomic E-state index is 11.3. The van der Waals surface area contributed by atoms with Crippen LogP contribution in [0.4, 0.5) is 0 Å². The van der Waals surface area contributed by atoms with Gasteiger partial charge in [-0.15, -0.1) is 0 Å². The molecular weight excluding hydrogens is 240 g/mol. The second-order valence-electron chi connectivity index (χ2n) is 3.96. The number of hydrogen-bond acceptors (Lipinski definition) is 6. The van der Waals surface area contributed by atoms with E-state index in [0.717, 1.165) is 0 Å². The van der Waals surface area contributed by atoms with Gasteiger partial charge in [0.2, 0.25) is 0 Å². The minimum absolute atomic E-state index is 0.0105. The Morgan fingerprint density at radius 1 is 0.833 bits per heavy atom. The van der Waals surface area contributed by atoms with Gasteiger partial charge in [-0.2, -0.15) is 0 Å². The molecule has 0 aliphatic heterocycles. The summed E-state index contributed by atoms with van der Waals surface area (Å²) in [6, 6.07) is 0. The van der Waals surface area contributed by atoms with Crippen LogP contribution < -0.4 is 0 Å². The monoisotopic (exact) mass is 262 g/mol. The molecule has 0 aromatic carbocycles. The average Bonchev–Trinajstić information content (AvgIpc) is 2.39. The number of rotatable bonds is 9. The molecule has 0 saturated heterocycles. The molecular formula is C12H22O6. The van der Waals surface area contributed by atoms with E-state index in [1.54, 1.807) is 13.8 Å². The molecule has 0 amide bonds. The summed E-state index contributed by atoms with van der Waals surface area (Å²) in [6.45, 7) is 3.94. The molecule has 0 aromatic heterocycles. The van der Waals surface area contributed by atoms with Gasteiger partial charge in [-0.1, -0.05) is 0 Å². The third-order valence-electron chi connectivity index (χ3n) is 2.30. The molecule has 0 bridgehead atoms. The van der Waals surface area contributed by atoms with Crippen LogP contribution in [0.3, 0.4) is 0 Å². The van der Waals surface area contributed by atoms with E-state index in [2.05, 4.69) is 0 Å². The first-order valence-electron chi connectivity index (χ1n) is 5.86. The van der Waals surface area contributed by atoms with Gasteiger partial charge in [0.15, 0.2) is 0 Å². The van der Waals surface area contributed by atoms with Crippen LogP contribution in [-0.4, -0.2) is 51.6 Å².